The van der Waals surface area contributed by atoms with Crippen LogP contribution in [0.4, 0.5) is 0 Å². The number of aryl methyl sites for hydroxylation is 1. The van der Waals surface area contributed by atoms with Crippen LogP contribution >= 0.6 is 0 Å². The van der Waals surface area contributed by atoms with Gasteiger partial charge >= 0.3 is 0 Å². The summed E-state index contributed by atoms with van der Waals surface area (Å²) in [5, 5.41) is 11.4. The average Bonchev–Trinajstić information content (AvgIpc) is 2.60. The highest BCUT2D eigenvalue weighted by molar-refractivity contribution is 4.93. The maximum Gasteiger partial charge on any atom is 0.0829 e. The Bertz CT molecular complexity index is 282. The van der Waals surface area contributed by atoms with Gasteiger partial charge in [0.1, 0.15) is 0 Å². The largest absolute Gasteiger partial charge is 0.317 e. The second-order valence-electron chi connectivity index (χ2n) is 4.35. The fourth-order valence-electron chi connectivity index (χ4n) is 1.59. The lowest BCUT2D eigenvalue weighted by atomic mass is 9.92. The van der Waals surface area contributed by atoms with Gasteiger partial charge in [0.2, 0.25) is 0 Å². The Labute approximate surface area is 92.1 Å². The molecule has 2 atom stereocenters. The van der Waals surface area contributed by atoms with Gasteiger partial charge in [0.15, 0.2) is 0 Å². The molecule has 0 aliphatic carbocycles. The van der Waals surface area contributed by atoms with Crippen molar-refractivity contribution in [2.24, 2.45) is 18.9 Å². The molecule has 86 valence electrons. The van der Waals surface area contributed by atoms with E-state index in [-0.39, 0.29) is 0 Å². The highest BCUT2D eigenvalue weighted by Crippen LogP contribution is 2.14. The maximum atomic E-state index is 4.11. The summed E-state index contributed by atoms with van der Waals surface area (Å²) in [5.41, 5.74) is 1.09. The second-order valence-corrected chi connectivity index (χ2v) is 4.35. The van der Waals surface area contributed by atoms with E-state index in [1.165, 1.54) is 0 Å². The van der Waals surface area contributed by atoms with Crippen molar-refractivity contribution >= 4 is 0 Å². The number of aromatic nitrogens is 3. The maximum absolute atomic E-state index is 4.11. The lowest BCUT2D eigenvalue weighted by Gasteiger charge is -2.18. The van der Waals surface area contributed by atoms with Crippen LogP contribution in [-0.2, 0) is 13.5 Å². The molecule has 0 amide bonds. The van der Waals surface area contributed by atoms with E-state index in [1.54, 1.807) is 4.68 Å². The predicted molar refractivity (Wildman–Crippen MR) is 61.6 cm³/mol. The molecule has 1 aromatic heterocycles. The molecule has 0 aliphatic heterocycles. The van der Waals surface area contributed by atoms with E-state index in [0.717, 1.165) is 25.2 Å². The number of rotatable bonds is 6. The molecule has 1 N–H and O–H groups in total. The van der Waals surface area contributed by atoms with E-state index >= 15 is 0 Å². The summed E-state index contributed by atoms with van der Waals surface area (Å²) < 4.78 is 1.76. The van der Waals surface area contributed by atoms with Crippen molar-refractivity contribution in [1.29, 1.82) is 0 Å². The zero-order valence-electron chi connectivity index (χ0n) is 10.2. The van der Waals surface area contributed by atoms with Gasteiger partial charge in [0.05, 0.1) is 5.69 Å². The fraction of sp³-hybridized carbons (Fsp3) is 0.818. The van der Waals surface area contributed by atoms with Gasteiger partial charge in [-0.1, -0.05) is 26.0 Å². The summed E-state index contributed by atoms with van der Waals surface area (Å²) in [6.45, 7) is 8.82. The Hall–Kier alpha value is -0.900. The first-order valence-electron chi connectivity index (χ1n) is 5.69. The first kappa shape index (κ1) is 12.2. The standard InChI is InChI=1S/C11H22N4/c1-5-12-7-10(3)9(2)6-11-8-15(4)14-13-11/h8-10,12H,5-7H2,1-4H3. The summed E-state index contributed by atoms with van der Waals surface area (Å²) >= 11 is 0. The molecule has 1 aromatic rings. The SMILES string of the molecule is CCNCC(C)C(C)Cc1cn(C)nn1. The van der Waals surface area contributed by atoms with Gasteiger partial charge in [0.25, 0.3) is 0 Å². The lowest BCUT2D eigenvalue weighted by Crippen LogP contribution is -2.25. The Morgan fingerprint density at radius 3 is 2.67 bits per heavy atom. The molecule has 1 heterocycles. The van der Waals surface area contributed by atoms with Crippen LogP contribution in [0.25, 0.3) is 0 Å². The smallest absolute Gasteiger partial charge is 0.0829 e. The van der Waals surface area contributed by atoms with Crippen molar-refractivity contribution in [3.63, 3.8) is 0 Å². The molecule has 2 unspecified atom stereocenters. The lowest BCUT2D eigenvalue weighted by molar-refractivity contribution is 0.365. The first-order chi connectivity index (χ1) is 7.13. The summed E-state index contributed by atoms with van der Waals surface area (Å²) in [7, 11) is 1.91. The predicted octanol–water partition coefficient (Wildman–Crippen LogP) is 1.24. The third-order valence-corrected chi connectivity index (χ3v) is 2.87. The Morgan fingerprint density at radius 1 is 1.40 bits per heavy atom. The van der Waals surface area contributed by atoms with Gasteiger partial charge in [-0.3, -0.25) is 4.68 Å². The van der Waals surface area contributed by atoms with Crippen LogP contribution in [0.2, 0.25) is 0 Å². The Morgan fingerprint density at radius 2 is 2.13 bits per heavy atom. The number of nitrogens with zero attached hydrogens (tertiary/aromatic N) is 3. The van der Waals surface area contributed by atoms with Crippen LogP contribution in [0.5, 0.6) is 0 Å². The molecule has 0 aliphatic rings. The number of hydrogen-bond acceptors (Lipinski definition) is 3. The Kier molecular flexibility index (Phi) is 4.75. The summed E-state index contributed by atoms with van der Waals surface area (Å²) in [5.74, 6) is 1.31. The number of nitrogens with one attached hydrogen (secondary N) is 1. The van der Waals surface area contributed by atoms with Gasteiger partial charge < -0.3 is 5.32 Å². The quantitative estimate of drug-likeness (QED) is 0.768. The Balaban J connectivity index is 2.37. The zero-order valence-corrected chi connectivity index (χ0v) is 10.2. The van der Waals surface area contributed by atoms with Crippen LogP contribution in [0.15, 0.2) is 6.20 Å². The molecule has 1 rings (SSSR count). The van der Waals surface area contributed by atoms with Crippen molar-refractivity contribution in [1.82, 2.24) is 20.3 Å². The van der Waals surface area contributed by atoms with Crippen molar-refractivity contribution in [3.8, 4) is 0 Å². The van der Waals surface area contributed by atoms with Gasteiger partial charge in [-0.25, -0.2) is 0 Å². The molecule has 0 saturated carbocycles. The molecule has 0 radical (unpaired) electrons. The molecule has 15 heavy (non-hydrogen) atoms. The highest BCUT2D eigenvalue weighted by atomic mass is 15.4. The monoisotopic (exact) mass is 210 g/mol. The van der Waals surface area contributed by atoms with Gasteiger partial charge in [-0.2, -0.15) is 0 Å². The molecule has 0 spiro atoms. The van der Waals surface area contributed by atoms with Crippen LogP contribution in [-0.4, -0.2) is 28.1 Å². The van der Waals surface area contributed by atoms with E-state index in [4.69, 9.17) is 0 Å². The van der Waals surface area contributed by atoms with E-state index in [0.29, 0.717) is 11.8 Å². The average molecular weight is 210 g/mol. The summed E-state index contributed by atoms with van der Waals surface area (Å²) in [6, 6.07) is 0. The fourth-order valence-corrected chi connectivity index (χ4v) is 1.59. The van der Waals surface area contributed by atoms with E-state index in [1.807, 2.05) is 13.2 Å². The minimum atomic E-state index is 0.640. The molecule has 0 bridgehead atoms. The first-order valence-corrected chi connectivity index (χ1v) is 5.69. The molecule has 4 heteroatoms. The minimum Gasteiger partial charge on any atom is -0.317 e. The van der Waals surface area contributed by atoms with Gasteiger partial charge in [-0.05, 0) is 31.3 Å². The van der Waals surface area contributed by atoms with Crippen LogP contribution < -0.4 is 5.32 Å². The van der Waals surface area contributed by atoms with Crippen molar-refractivity contribution in [2.75, 3.05) is 13.1 Å². The topological polar surface area (TPSA) is 42.7 Å². The van der Waals surface area contributed by atoms with E-state index < -0.39 is 0 Å². The number of hydrogen-bond donors (Lipinski definition) is 1. The van der Waals surface area contributed by atoms with Crippen LogP contribution in [0, 0.1) is 11.8 Å². The van der Waals surface area contributed by atoms with Crippen molar-refractivity contribution < 1.29 is 0 Å². The molecular formula is C11H22N4. The second kappa shape index (κ2) is 5.85. The molecular weight excluding hydrogens is 188 g/mol. The zero-order chi connectivity index (χ0) is 11.3. The molecule has 0 saturated heterocycles. The summed E-state index contributed by atoms with van der Waals surface area (Å²) in [6.07, 6.45) is 3.01. The highest BCUT2D eigenvalue weighted by Gasteiger charge is 2.13. The van der Waals surface area contributed by atoms with Crippen LogP contribution in [0.1, 0.15) is 26.5 Å². The molecule has 4 nitrogen and oxygen atoms in total. The normalized spacial score (nSPS) is 15.2. The van der Waals surface area contributed by atoms with Crippen LogP contribution in [0.3, 0.4) is 0 Å². The minimum absolute atomic E-state index is 0.640. The van der Waals surface area contributed by atoms with Gasteiger partial charge in [-0.15, -0.1) is 5.10 Å². The third kappa shape index (κ3) is 4.00. The van der Waals surface area contributed by atoms with Crippen molar-refractivity contribution in [3.05, 3.63) is 11.9 Å². The third-order valence-electron chi connectivity index (χ3n) is 2.87. The molecule has 0 aromatic carbocycles. The molecule has 0 fully saturated rings. The van der Waals surface area contributed by atoms with Gasteiger partial charge in [0, 0.05) is 13.2 Å². The van der Waals surface area contributed by atoms with Crippen molar-refractivity contribution in [2.45, 2.75) is 27.2 Å². The summed E-state index contributed by atoms with van der Waals surface area (Å²) in [4.78, 5) is 0. The van der Waals surface area contributed by atoms with E-state index in [2.05, 4.69) is 36.4 Å². The van der Waals surface area contributed by atoms with E-state index in [9.17, 15) is 0 Å².